The highest BCUT2D eigenvalue weighted by molar-refractivity contribution is 6.32. The van der Waals surface area contributed by atoms with Gasteiger partial charge in [0.05, 0.1) is 12.1 Å². The molecule has 0 aliphatic carbocycles. The molecule has 1 aliphatic rings. The third kappa shape index (κ3) is 2.99. The number of nitrogens with one attached hydrogen (secondary N) is 1. The van der Waals surface area contributed by atoms with Gasteiger partial charge >= 0.3 is 0 Å². The maximum atomic E-state index is 9.50. The normalized spacial score (nSPS) is 17.3. The molecule has 1 heterocycles. The van der Waals surface area contributed by atoms with Gasteiger partial charge in [-0.1, -0.05) is 23.7 Å². The smallest absolute Gasteiger partial charge is 0.134 e. The van der Waals surface area contributed by atoms with Gasteiger partial charge in [0.2, 0.25) is 0 Å². The predicted molar refractivity (Wildman–Crippen MR) is 84.3 cm³/mol. The standard InChI is InChI=1S/C17H18ClNO2/c1-21-13-3-4-14-12(10-13)6-7-19-16(14)9-11-2-5-17(20)15(18)8-11/h2-5,8,10,16,19-20H,6-7,9H2,1H3. The first-order valence-corrected chi connectivity index (χ1v) is 7.43. The largest absolute Gasteiger partial charge is 0.506 e. The number of rotatable bonds is 3. The van der Waals surface area contributed by atoms with Gasteiger partial charge in [-0.2, -0.15) is 0 Å². The lowest BCUT2D eigenvalue weighted by atomic mass is 9.90. The third-order valence-electron chi connectivity index (χ3n) is 3.96. The van der Waals surface area contributed by atoms with E-state index in [1.54, 1.807) is 13.2 Å². The topological polar surface area (TPSA) is 41.5 Å². The Balaban J connectivity index is 1.86. The van der Waals surface area contributed by atoms with E-state index in [2.05, 4.69) is 17.4 Å². The molecule has 3 rings (SSSR count). The molecule has 2 N–H and O–H groups in total. The van der Waals surface area contributed by atoms with Crippen LogP contribution < -0.4 is 10.1 Å². The fourth-order valence-corrected chi connectivity index (χ4v) is 3.05. The molecule has 4 heteroatoms. The summed E-state index contributed by atoms with van der Waals surface area (Å²) >= 11 is 5.98. The van der Waals surface area contributed by atoms with Gasteiger partial charge in [-0.3, -0.25) is 0 Å². The van der Waals surface area contributed by atoms with Crippen LogP contribution in [0.1, 0.15) is 22.7 Å². The van der Waals surface area contributed by atoms with Crippen molar-refractivity contribution in [3.63, 3.8) is 0 Å². The van der Waals surface area contributed by atoms with Crippen LogP contribution in [0.3, 0.4) is 0 Å². The summed E-state index contributed by atoms with van der Waals surface area (Å²) in [7, 11) is 1.69. The number of phenolic OH excluding ortho intramolecular Hbond substituents is 1. The Kier molecular flexibility index (Phi) is 4.04. The minimum absolute atomic E-state index is 0.127. The van der Waals surface area contributed by atoms with Crippen LogP contribution in [0.5, 0.6) is 11.5 Å². The zero-order valence-electron chi connectivity index (χ0n) is 11.9. The number of hydrogen-bond donors (Lipinski definition) is 2. The van der Waals surface area contributed by atoms with Crippen LogP contribution in [0.4, 0.5) is 0 Å². The predicted octanol–water partition coefficient (Wildman–Crippen LogP) is 3.48. The van der Waals surface area contributed by atoms with Gasteiger partial charge in [-0.15, -0.1) is 0 Å². The van der Waals surface area contributed by atoms with Crippen molar-refractivity contribution in [2.45, 2.75) is 18.9 Å². The quantitative estimate of drug-likeness (QED) is 0.912. The molecule has 1 aliphatic heterocycles. The fraction of sp³-hybridized carbons (Fsp3) is 0.294. The number of halogens is 1. The fourth-order valence-electron chi connectivity index (χ4n) is 2.85. The summed E-state index contributed by atoms with van der Waals surface area (Å²) in [5.74, 6) is 1.03. The Bertz CT molecular complexity index is 657. The number of methoxy groups -OCH3 is 1. The van der Waals surface area contributed by atoms with Gasteiger partial charge in [-0.25, -0.2) is 0 Å². The lowest BCUT2D eigenvalue weighted by molar-refractivity contribution is 0.412. The molecule has 3 nitrogen and oxygen atoms in total. The van der Waals surface area contributed by atoms with Crippen molar-refractivity contribution < 1.29 is 9.84 Å². The Morgan fingerprint density at radius 3 is 2.90 bits per heavy atom. The number of phenols is 1. The molecule has 1 unspecified atom stereocenters. The van der Waals surface area contributed by atoms with Crippen LogP contribution in [-0.4, -0.2) is 18.8 Å². The van der Waals surface area contributed by atoms with Crippen molar-refractivity contribution in [3.8, 4) is 11.5 Å². The van der Waals surface area contributed by atoms with Crippen molar-refractivity contribution >= 4 is 11.6 Å². The number of benzene rings is 2. The van der Waals surface area contributed by atoms with Gasteiger partial charge in [0.15, 0.2) is 0 Å². The van der Waals surface area contributed by atoms with Crippen molar-refractivity contribution in [2.24, 2.45) is 0 Å². The second kappa shape index (κ2) is 5.96. The lowest BCUT2D eigenvalue weighted by Gasteiger charge is -2.27. The van der Waals surface area contributed by atoms with E-state index in [0.717, 1.165) is 30.7 Å². The van der Waals surface area contributed by atoms with E-state index in [9.17, 15) is 5.11 Å². The van der Waals surface area contributed by atoms with Crippen LogP contribution in [0.15, 0.2) is 36.4 Å². The van der Waals surface area contributed by atoms with Crippen LogP contribution >= 0.6 is 11.6 Å². The summed E-state index contributed by atoms with van der Waals surface area (Å²) in [5.41, 5.74) is 3.76. The average Bonchev–Trinajstić information content (AvgIpc) is 2.50. The molecule has 2 aromatic carbocycles. The number of aromatic hydroxyl groups is 1. The Labute approximate surface area is 129 Å². The molecule has 0 fully saturated rings. The second-order valence-electron chi connectivity index (χ2n) is 5.31. The number of fused-ring (bicyclic) bond motifs is 1. The van der Waals surface area contributed by atoms with E-state index in [1.807, 2.05) is 18.2 Å². The van der Waals surface area contributed by atoms with E-state index in [4.69, 9.17) is 16.3 Å². The second-order valence-corrected chi connectivity index (χ2v) is 5.72. The van der Waals surface area contributed by atoms with Crippen LogP contribution in [0, 0.1) is 0 Å². The minimum Gasteiger partial charge on any atom is -0.506 e. The van der Waals surface area contributed by atoms with Crippen molar-refractivity contribution in [3.05, 3.63) is 58.1 Å². The third-order valence-corrected chi connectivity index (χ3v) is 4.27. The molecule has 0 radical (unpaired) electrons. The van der Waals surface area contributed by atoms with E-state index < -0.39 is 0 Å². The Morgan fingerprint density at radius 1 is 1.29 bits per heavy atom. The van der Waals surface area contributed by atoms with Crippen molar-refractivity contribution in [1.29, 1.82) is 0 Å². The maximum absolute atomic E-state index is 9.50. The molecule has 0 saturated carbocycles. The SMILES string of the molecule is COc1ccc2c(c1)CCNC2Cc1ccc(O)c(Cl)c1. The van der Waals surface area contributed by atoms with Crippen molar-refractivity contribution in [2.75, 3.05) is 13.7 Å². The van der Waals surface area contributed by atoms with E-state index in [-0.39, 0.29) is 11.8 Å². The van der Waals surface area contributed by atoms with Gasteiger partial charge < -0.3 is 15.2 Å². The number of ether oxygens (including phenoxy) is 1. The molecule has 0 amide bonds. The summed E-state index contributed by atoms with van der Waals surface area (Å²) in [6, 6.07) is 11.9. The molecular formula is C17H18ClNO2. The van der Waals surface area contributed by atoms with Gasteiger partial charge in [0.25, 0.3) is 0 Å². The average molecular weight is 304 g/mol. The van der Waals surface area contributed by atoms with E-state index >= 15 is 0 Å². The first-order chi connectivity index (χ1) is 10.2. The summed E-state index contributed by atoms with van der Waals surface area (Å²) in [6.45, 7) is 0.955. The lowest BCUT2D eigenvalue weighted by Crippen LogP contribution is -2.31. The van der Waals surface area contributed by atoms with Gasteiger partial charge in [0.1, 0.15) is 11.5 Å². The molecule has 1 atom stereocenters. The summed E-state index contributed by atoms with van der Waals surface area (Å²) in [6.07, 6.45) is 1.86. The zero-order valence-corrected chi connectivity index (χ0v) is 12.7. The zero-order chi connectivity index (χ0) is 14.8. The summed E-state index contributed by atoms with van der Waals surface area (Å²) in [4.78, 5) is 0. The Morgan fingerprint density at radius 2 is 2.14 bits per heavy atom. The Hall–Kier alpha value is -1.71. The molecule has 2 aromatic rings. The van der Waals surface area contributed by atoms with E-state index in [1.165, 1.54) is 11.1 Å². The molecule has 0 saturated heterocycles. The minimum atomic E-state index is 0.127. The summed E-state index contributed by atoms with van der Waals surface area (Å²) in [5, 5.41) is 13.5. The first-order valence-electron chi connectivity index (χ1n) is 7.05. The first kappa shape index (κ1) is 14.2. The highest BCUT2D eigenvalue weighted by Gasteiger charge is 2.20. The molecule has 21 heavy (non-hydrogen) atoms. The highest BCUT2D eigenvalue weighted by Crippen LogP contribution is 2.31. The van der Waals surface area contributed by atoms with Crippen molar-refractivity contribution in [1.82, 2.24) is 5.32 Å². The molecular weight excluding hydrogens is 286 g/mol. The number of hydrogen-bond acceptors (Lipinski definition) is 3. The summed E-state index contributed by atoms with van der Waals surface area (Å²) < 4.78 is 5.30. The molecule has 0 spiro atoms. The van der Waals surface area contributed by atoms with Crippen LogP contribution in [-0.2, 0) is 12.8 Å². The molecule has 0 bridgehead atoms. The monoisotopic (exact) mass is 303 g/mol. The highest BCUT2D eigenvalue weighted by atomic mass is 35.5. The van der Waals surface area contributed by atoms with Gasteiger partial charge in [-0.05, 0) is 60.3 Å². The molecule has 110 valence electrons. The van der Waals surface area contributed by atoms with Gasteiger partial charge in [0, 0.05) is 6.04 Å². The van der Waals surface area contributed by atoms with Crippen LogP contribution in [0.25, 0.3) is 0 Å². The maximum Gasteiger partial charge on any atom is 0.134 e. The van der Waals surface area contributed by atoms with Crippen LogP contribution in [0.2, 0.25) is 5.02 Å². The van der Waals surface area contributed by atoms with E-state index in [0.29, 0.717) is 5.02 Å². The molecule has 0 aromatic heterocycles.